The van der Waals surface area contributed by atoms with E-state index in [0.29, 0.717) is 5.92 Å². The van der Waals surface area contributed by atoms with Crippen molar-refractivity contribution < 1.29 is 4.79 Å². The number of carbonyl (C=O) groups is 1. The smallest absolute Gasteiger partial charge is 0.127 e. The molecule has 1 fully saturated rings. The van der Waals surface area contributed by atoms with Crippen LogP contribution in [0.5, 0.6) is 0 Å². The first-order chi connectivity index (χ1) is 5.07. The third-order valence-electron chi connectivity index (χ3n) is 1.23. The van der Waals surface area contributed by atoms with Gasteiger partial charge in [0.05, 0.1) is 7.85 Å². The maximum absolute atomic E-state index is 10.4. The van der Waals surface area contributed by atoms with Crippen molar-refractivity contribution in [3.63, 3.8) is 0 Å². The molecule has 0 unspecified atom stereocenters. The van der Waals surface area contributed by atoms with Gasteiger partial charge in [0, 0.05) is 5.92 Å². The van der Waals surface area contributed by atoms with Gasteiger partial charge in [-0.15, -0.1) is 0 Å². The zero-order valence-electron chi connectivity index (χ0n) is 7.63. The molecule has 2 nitrogen and oxygen atoms in total. The summed E-state index contributed by atoms with van der Waals surface area (Å²) in [5, 5.41) is 0. The fourth-order valence-electron chi connectivity index (χ4n) is 0.572. The number of rotatable bonds is 2. The van der Waals surface area contributed by atoms with Gasteiger partial charge < -0.3 is 9.69 Å². The Labute approximate surface area is 70.4 Å². The van der Waals surface area contributed by atoms with Crippen LogP contribution >= 0.6 is 0 Å². The highest BCUT2D eigenvalue weighted by molar-refractivity contribution is 6.20. The Morgan fingerprint density at radius 3 is 1.91 bits per heavy atom. The Bertz CT molecular complexity index is 119. The summed E-state index contributed by atoms with van der Waals surface area (Å²) in [6.45, 7) is 0. The van der Waals surface area contributed by atoms with Crippen molar-refractivity contribution in [3.8, 4) is 0 Å². The maximum atomic E-state index is 10.4. The van der Waals surface area contributed by atoms with Crippen LogP contribution in [-0.4, -0.2) is 39.7 Å². The molecule has 0 saturated heterocycles. The Morgan fingerprint density at radius 2 is 1.82 bits per heavy atom. The molecule has 0 aromatic rings. The van der Waals surface area contributed by atoms with E-state index in [0.717, 1.165) is 12.8 Å². The molecule has 0 aromatic carbocycles. The van der Waals surface area contributed by atoms with E-state index in [1.165, 1.54) is 0 Å². The molecule has 0 aliphatic heterocycles. The molecule has 0 heterocycles. The van der Waals surface area contributed by atoms with Gasteiger partial charge >= 0.3 is 0 Å². The predicted molar refractivity (Wildman–Crippen MR) is 47.9 cm³/mol. The normalized spacial score (nSPS) is 15.6. The highest BCUT2D eigenvalue weighted by Crippen LogP contribution is 2.30. The second-order valence-electron chi connectivity index (χ2n) is 3.29. The Kier molecular flexibility index (Phi) is 5.21. The molecule has 0 bridgehead atoms. The Balaban J connectivity index is 0.000000218. The van der Waals surface area contributed by atoms with Crippen LogP contribution in [-0.2, 0) is 4.79 Å². The zero-order valence-corrected chi connectivity index (χ0v) is 7.63. The molecule has 0 aromatic heterocycles. The van der Waals surface area contributed by atoms with Crippen molar-refractivity contribution in [1.82, 2.24) is 4.90 Å². The van der Waals surface area contributed by atoms with Crippen LogP contribution in [0.25, 0.3) is 0 Å². The van der Waals surface area contributed by atoms with Crippen molar-refractivity contribution in [1.29, 1.82) is 0 Å². The molecule has 0 atom stereocenters. The van der Waals surface area contributed by atoms with E-state index in [2.05, 4.69) is 0 Å². The van der Waals surface area contributed by atoms with Gasteiger partial charge in [-0.25, -0.2) is 0 Å². The van der Waals surface area contributed by atoms with E-state index in [1.807, 2.05) is 26.0 Å². The van der Waals surface area contributed by atoms with Crippen molar-refractivity contribution in [2.75, 3.05) is 21.1 Å². The molecular formula is C8H16BNO. The van der Waals surface area contributed by atoms with Gasteiger partial charge in [0.15, 0.2) is 0 Å². The Morgan fingerprint density at radius 1 is 1.45 bits per heavy atom. The molecule has 1 aliphatic carbocycles. The molecule has 0 spiro atoms. The quantitative estimate of drug-likeness (QED) is 0.545. The van der Waals surface area contributed by atoms with Crippen LogP contribution in [0.15, 0.2) is 0 Å². The van der Waals surface area contributed by atoms with Gasteiger partial charge in [-0.3, -0.25) is 0 Å². The van der Waals surface area contributed by atoms with Crippen molar-refractivity contribution in [3.05, 3.63) is 0 Å². The minimum Gasteiger partial charge on any atom is -0.312 e. The fraction of sp³-hybridized carbons (Fsp3) is 0.875. The second kappa shape index (κ2) is 5.36. The largest absolute Gasteiger partial charge is 0.312 e. The topological polar surface area (TPSA) is 20.3 Å². The van der Waals surface area contributed by atoms with E-state index in [4.69, 9.17) is 7.85 Å². The summed E-state index contributed by atoms with van der Waals surface area (Å²) in [6, 6.07) is 0. The molecule has 1 rings (SSSR count). The fourth-order valence-corrected chi connectivity index (χ4v) is 0.572. The van der Waals surface area contributed by atoms with E-state index in [9.17, 15) is 4.79 Å². The highest BCUT2D eigenvalue weighted by Gasteiger charge is 2.27. The lowest BCUT2D eigenvalue weighted by Gasteiger charge is -1.90. The van der Waals surface area contributed by atoms with Gasteiger partial charge in [-0.1, -0.05) is 0 Å². The van der Waals surface area contributed by atoms with E-state index in [1.54, 1.807) is 0 Å². The number of Topliss-reactive ketones (excluding diaryl/α,β-unsaturated/α-hetero) is 1. The predicted octanol–water partition coefficient (Wildman–Crippen LogP) is 0.730. The van der Waals surface area contributed by atoms with Gasteiger partial charge in [0.2, 0.25) is 0 Å². The van der Waals surface area contributed by atoms with Crippen molar-refractivity contribution >= 4 is 13.6 Å². The van der Waals surface area contributed by atoms with Crippen LogP contribution in [0, 0.1) is 5.92 Å². The Hall–Kier alpha value is -0.305. The monoisotopic (exact) mass is 153 g/mol. The highest BCUT2D eigenvalue weighted by atomic mass is 16.1. The molecule has 2 radical (unpaired) electrons. The van der Waals surface area contributed by atoms with Crippen molar-refractivity contribution in [2.24, 2.45) is 5.92 Å². The molecule has 0 amide bonds. The van der Waals surface area contributed by atoms with E-state index < -0.39 is 0 Å². The summed E-state index contributed by atoms with van der Waals surface area (Å²) in [4.78, 5) is 12.4. The molecule has 1 aliphatic rings. The molecule has 1 saturated carbocycles. The molecule has 11 heavy (non-hydrogen) atoms. The second-order valence-corrected chi connectivity index (χ2v) is 3.29. The zero-order chi connectivity index (χ0) is 8.85. The maximum Gasteiger partial charge on any atom is 0.127 e. The summed E-state index contributed by atoms with van der Waals surface area (Å²) in [7, 11) is 11.1. The summed E-state index contributed by atoms with van der Waals surface area (Å²) >= 11 is 0. The van der Waals surface area contributed by atoms with E-state index >= 15 is 0 Å². The minimum absolute atomic E-state index is 0.236. The van der Waals surface area contributed by atoms with Crippen LogP contribution in [0.3, 0.4) is 0 Å². The first-order valence-electron chi connectivity index (χ1n) is 3.91. The molecule has 62 valence electrons. The lowest BCUT2D eigenvalue weighted by Crippen LogP contribution is -1.99. The summed E-state index contributed by atoms with van der Waals surface area (Å²) < 4.78 is 0. The minimum atomic E-state index is 0.236. The lowest BCUT2D eigenvalue weighted by molar-refractivity contribution is -0.118. The average Bonchev–Trinajstić information content (AvgIpc) is 2.66. The third-order valence-corrected chi connectivity index (χ3v) is 1.23. The average molecular weight is 153 g/mol. The number of carbonyl (C=O) groups excluding carboxylic acids is 1. The SMILES string of the molecule is CN(C)C.[B]CC(=O)C1CC1. The summed E-state index contributed by atoms with van der Waals surface area (Å²) in [5.74, 6) is 0.588. The number of hydrogen-bond acceptors (Lipinski definition) is 2. The molecule has 0 N–H and O–H groups in total. The van der Waals surface area contributed by atoms with Crippen LogP contribution in [0.4, 0.5) is 0 Å². The van der Waals surface area contributed by atoms with Gasteiger partial charge in [0.1, 0.15) is 5.78 Å². The van der Waals surface area contributed by atoms with Gasteiger partial charge in [-0.05, 0) is 40.3 Å². The summed E-state index contributed by atoms with van der Waals surface area (Å²) in [5.41, 5.74) is 0. The first-order valence-corrected chi connectivity index (χ1v) is 3.91. The van der Waals surface area contributed by atoms with Crippen LogP contribution in [0.2, 0.25) is 6.32 Å². The molecular weight excluding hydrogens is 137 g/mol. The lowest BCUT2D eigenvalue weighted by atomic mass is 9.98. The van der Waals surface area contributed by atoms with Gasteiger partial charge in [-0.2, -0.15) is 0 Å². The van der Waals surface area contributed by atoms with Crippen LogP contribution in [0.1, 0.15) is 12.8 Å². The number of nitrogens with zero attached hydrogens (tertiary/aromatic N) is 1. The summed E-state index contributed by atoms with van der Waals surface area (Å²) in [6.07, 6.45) is 2.40. The number of hydrogen-bond donors (Lipinski definition) is 0. The van der Waals surface area contributed by atoms with Gasteiger partial charge in [0.25, 0.3) is 0 Å². The third kappa shape index (κ3) is 7.59. The first kappa shape index (κ1) is 10.7. The van der Waals surface area contributed by atoms with Crippen molar-refractivity contribution in [2.45, 2.75) is 19.2 Å². The van der Waals surface area contributed by atoms with Crippen LogP contribution < -0.4 is 0 Å². The number of ketones is 1. The van der Waals surface area contributed by atoms with E-state index in [-0.39, 0.29) is 12.1 Å². The standard InChI is InChI=1S/C5H7BO.C3H9N/c6-3-5(7)4-1-2-4;1-4(2)3/h4H,1-3H2;1-3H3. The molecule has 3 heteroatoms.